The lowest BCUT2D eigenvalue weighted by molar-refractivity contribution is -0.577. The first-order valence-electron chi connectivity index (χ1n) is 4.54. The van der Waals surface area contributed by atoms with E-state index in [2.05, 4.69) is 18.4 Å². The predicted octanol–water partition coefficient (Wildman–Crippen LogP) is -1.66. The van der Waals surface area contributed by atoms with E-state index < -0.39 is 0 Å². The molecule has 1 fully saturated rings. The minimum absolute atomic E-state index is 0. The molecule has 0 heterocycles. The average molecular weight is 282 g/mol. The van der Waals surface area contributed by atoms with Gasteiger partial charge in [0.05, 0.1) is 12.1 Å². The summed E-state index contributed by atoms with van der Waals surface area (Å²) in [5.74, 6) is 0.988. The molecule has 0 aromatic carbocycles. The van der Waals surface area contributed by atoms with Crippen LogP contribution in [0.15, 0.2) is 0 Å². The van der Waals surface area contributed by atoms with Crippen LogP contribution in [0.5, 0.6) is 0 Å². The molecule has 2 nitrogen and oxygen atoms in total. The Kier molecular flexibility index (Phi) is 5.13. The smallest absolute Gasteiger partial charge is 0.239 e. The number of amidine groups is 1. The molecule has 12 heavy (non-hydrogen) atoms. The summed E-state index contributed by atoms with van der Waals surface area (Å²) in [6.45, 7) is 6.46. The van der Waals surface area contributed by atoms with Gasteiger partial charge >= 0.3 is 0 Å². The van der Waals surface area contributed by atoms with Gasteiger partial charge in [0, 0.05) is 6.92 Å². The van der Waals surface area contributed by atoms with Gasteiger partial charge in [-0.05, 0) is 26.2 Å². The van der Waals surface area contributed by atoms with Crippen molar-refractivity contribution in [2.45, 2.75) is 52.1 Å². The number of hydrogen-bond donors (Lipinski definition) is 1. The van der Waals surface area contributed by atoms with Gasteiger partial charge in [-0.3, -0.25) is 10.3 Å². The molecular weight excluding hydrogens is 263 g/mol. The Morgan fingerprint density at radius 1 is 1.58 bits per heavy atom. The second-order valence-corrected chi connectivity index (χ2v) is 3.54. The first kappa shape index (κ1) is 12.2. The predicted molar refractivity (Wildman–Crippen MR) is 47.9 cm³/mol. The van der Waals surface area contributed by atoms with E-state index >= 15 is 0 Å². The minimum atomic E-state index is 0. The van der Waals surface area contributed by atoms with Gasteiger partial charge in [0.15, 0.2) is 0 Å². The molecule has 0 aromatic rings. The maximum atomic E-state index is 5.80. The first-order valence-corrected chi connectivity index (χ1v) is 4.54. The molecule has 0 aliphatic heterocycles. The Morgan fingerprint density at radius 3 is 2.33 bits per heavy atom. The van der Waals surface area contributed by atoms with Crippen molar-refractivity contribution < 1.29 is 28.6 Å². The van der Waals surface area contributed by atoms with Gasteiger partial charge in [0.2, 0.25) is 5.84 Å². The van der Waals surface area contributed by atoms with E-state index in [1.54, 1.807) is 0 Å². The highest BCUT2D eigenvalue weighted by Crippen LogP contribution is 2.25. The van der Waals surface area contributed by atoms with Gasteiger partial charge in [-0.1, -0.05) is 6.92 Å². The molecule has 2 N–H and O–H groups in total. The van der Waals surface area contributed by atoms with Gasteiger partial charge < -0.3 is 24.0 Å². The minimum Gasteiger partial charge on any atom is -1.00 e. The lowest BCUT2D eigenvalue weighted by Crippen LogP contribution is -3.00. The molecule has 1 unspecified atom stereocenters. The van der Waals surface area contributed by atoms with Gasteiger partial charge in [-0.15, -0.1) is 0 Å². The largest absolute Gasteiger partial charge is 1.00 e. The molecule has 0 saturated heterocycles. The van der Waals surface area contributed by atoms with E-state index in [-0.39, 0.29) is 24.0 Å². The summed E-state index contributed by atoms with van der Waals surface area (Å²) in [5.41, 5.74) is 5.80. The van der Waals surface area contributed by atoms with Crippen LogP contribution in [0.4, 0.5) is 0 Å². The van der Waals surface area contributed by atoms with Gasteiger partial charge in [0.1, 0.15) is 0 Å². The summed E-state index contributed by atoms with van der Waals surface area (Å²) in [7, 11) is 0. The fraction of sp³-hybridized carbons (Fsp3) is 0.889. The van der Waals surface area contributed by atoms with Crippen molar-refractivity contribution in [3.63, 3.8) is 0 Å². The highest BCUT2D eigenvalue weighted by atomic mass is 127. The number of nitrogens with zero attached hydrogens (tertiary/aromatic N) is 1. The zero-order valence-corrected chi connectivity index (χ0v) is 10.3. The van der Waals surface area contributed by atoms with Gasteiger partial charge in [-0.2, -0.15) is 0 Å². The number of hydrogen-bond acceptors (Lipinski definition) is 0. The van der Waals surface area contributed by atoms with Crippen LogP contribution in [-0.2, 0) is 0 Å². The zero-order chi connectivity index (χ0) is 8.43. The second kappa shape index (κ2) is 5.04. The fourth-order valence-corrected chi connectivity index (χ4v) is 1.54. The zero-order valence-electron chi connectivity index (χ0n) is 8.18. The van der Waals surface area contributed by atoms with Crippen LogP contribution in [0.1, 0.15) is 40.0 Å². The van der Waals surface area contributed by atoms with Crippen molar-refractivity contribution in [3.8, 4) is 0 Å². The molecule has 72 valence electrons. The molecule has 0 bridgehead atoms. The van der Waals surface area contributed by atoms with Crippen molar-refractivity contribution in [2.24, 2.45) is 5.73 Å². The molecule has 1 rings (SSSR count). The van der Waals surface area contributed by atoms with Crippen LogP contribution < -0.4 is 29.7 Å². The van der Waals surface area contributed by atoms with E-state index in [1.165, 1.54) is 19.3 Å². The summed E-state index contributed by atoms with van der Waals surface area (Å²) in [6.07, 6.45) is 3.85. The molecule has 0 aromatic heterocycles. The van der Waals surface area contributed by atoms with E-state index in [1.807, 2.05) is 6.92 Å². The van der Waals surface area contributed by atoms with Gasteiger partial charge in [-0.25, -0.2) is 0 Å². The molecule has 3 heteroatoms. The normalized spacial score (nSPS) is 20.9. The fourth-order valence-electron chi connectivity index (χ4n) is 1.54. The number of halogens is 1. The van der Waals surface area contributed by atoms with Gasteiger partial charge in [0.25, 0.3) is 0 Å². The Labute approximate surface area is 92.2 Å². The van der Waals surface area contributed by atoms with Crippen molar-refractivity contribution in [1.29, 1.82) is 0 Å². The summed E-state index contributed by atoms with van der Waals surface area (Å²) in [5, 5.41) is 0. The monoisotopic (exact) mass is 282 g/mol. The first-order chi connectivity index (χ1) is 5.16. The van der Waals surface area contributed by atoms with Crippen LogP contribution in [0.25, 0.3) is 0 Å². The van der Waals surface area contributed by atoms with Crippen LogP contribution in [-0.4, -0.2) is 22.5 Å². The lowest BCUT2D eigenvalue weighted by Gasteiger charge is -2.13. The topological polar surface area (TPSA) is 29.0 Å². The van der Waals surface area contributed by atoms with Crippen LogP contribution in [0.2, 0.25) is 0 Å². The molecule has 1 saturated carbocycles. The Balaban J connectivity index is 0.00000121. The maximum Gasteiger partial charge on any atom is 0.239 e. The third-order valence-corrected chi connectivity index (χ3v) is 2.41. The standard InChI is InChI=1S/C9H18N2.HI/c1-4-7(2)11(8(3)10)9-5-6-9;/h7,9-10H,4-6H2,1-3H3;1H. The lowest BCUT2D eigenvalue weighted by atomic mass is 10.2. The van der Waals surface area contributed by atoms with E-state index in [4.69, 9.17) is 5.73 Å². The van der Waals surface area contributed by atoms with Crippen LogP contribution in [0.3, 0.4) is 0 Å². The average Bonchev–Trinajstić information content (AvgIpc) is 2.71. The van der Waals surface area contributed by atoms with Crippen molar-refractivity contribution in [3.05, 3.63) is 0 Å². The third-order valence-electron chi connectivity index (χ3n) is 2.41. The van der Waals surface area contributed by atoms with Crippen molar-refractivity contribution in [2.75, 3.05) is 0 Å². The Hall–Kier alpha value is 0.200. The highest BCUT2D eigenvalue weighted by molar-refractivity contribution is 5.72. The molecule has 1 atom stereocenters. The maximum absolute atomic E-state index is 5.80. The molecule has 1 aliphatic rings. The number of nitrogens with two attached hydrogens (primary N) is 1. The SMILES string of the molecule is CCC(C)[N+](=C(C)N)C1CC1.[I-]. The van der Waals surface area contributed by atoms with E-state index in [0.29, 0.717) is 6.04 Å². The molecule has 0 radical (unpaired) electrons. The van der Waals surface area contributed by atoms with Crippen molar-refractivity contribution in [1.82, 2.24) is 0 Å². The van der Waals surface area contributed by atoms with Crippen LogP contribution >= 0.6 is 0 Å². The second-order valence-electron chi connectivity index (χ2n) is 3.54. The van der Waals surface area contributed by atoms with Crippen LogP contribution in [0, 0.1) is 0 Å². The summed E-state index contributed by atoms with van der Waals surface area (Å²) in [6, 6.07) is 1.38. The van der Waals surface area contributed by atoms with E-state index in [9.17, 15) is 0 Å². The Morgan fingerprint density at radius 2 is 2.08 bits per heavy atom. The van der Waals surface area contributed by atoms with E-state index in [0.717, 1.165) is 11.9 Å². The quantitative estimate of drug-likeness (QED) is 0.285. The number of rotatable bonds is 3. The molecular formula is C9H19IN2. The summed E-state index contributed by atoms with van der Waals surface area (Å²) < 4.78 is 2.36. The summed E-state index contributed by atoms with van der Waals surface area (Å²) >= 11 is 0. The highest BCUT2D eigenvalue weighted by Gasteiger charge is 2.32. The Bertz CT molecular complexity index is 169. The molecule has 0 spiro atoms. The van der Waals surface area contributed by atoms with Crippen molar-refractivity contribution >= 4 is 5.84 Å². The molecule has 0 amide bonds. The third kappa shape index (κ3) is 2.92. The summed E-state index contributed by atoms with van der Waals surface area (Å²) in [4.78, 5) is 0. The molecule has 1 aliphatic carbocycles.